The number of aliphatic hydroxyl groups is 1. The molecule has 0 spiro atoms. The molecule has 1 amide bonds. The van der Waals surface area contributed by atoms with Gasteiger partial charge in [-0.2, -0.15) is 0 Å². The fourth-order valence-corrected chi connectivity index (χ4v) is 1.25. The number of carbonyl (C=O) groups excluding carboxylic acids is 1. The third-order valence-electron chi connectivity index (χ3n) is 1.89. The molecule has 1 aromatic carbocycles. The molecule has 3 heteroatoms. The summed E-state index contributed by atoms with van der Waals surface area (Å²) < 4.78 is 0. The fourth-order valence-electron chi connectivity index (χ4n) is 1.25. The molecule has 0 fully saturated rings. The van der Waals surface area contributed by atoms with Crippen molar-refractivity contribution in [2.45, 2.75) is 19.1 Å². The van der Waals surface area contributed by atoms with E-state index in [1.165, 1.54) is 0 Å². The highest BCUT2D eigenvalue weighted by molar-refractivity contribution is 5.48. The van der Waals surface area contributed by atoms with E-state index in [0.29, 0.717) is 6.41 Å². The van der Waals surface area contributed by atoms with Gasteiger partial charge in [0.15, 0.2) is 0 Å². The Morgan fingerprint density at radius 2 is 2.00 bits per heavy atom. The van der Waals surface area contributed by atoms with E-state index < -0.39 is 6.10 Å². The van der Waals surface area contributed by atoms with E-state index in [1.54, 1.807) is 6.92 Å². The van der Waals surface area contributed by atoms with Gasteiger partial charge in [-0.05, 0) is 12.5 Å². The highest BCUT2D eigenvalue weighted by Crippen LogP contribution is 2.15. The summed E-state index contributed by atoms with van der Waals surface area (Å²) in [5, 5.41) is 11.9. The van der Waals surface area contributed by atoms with Crippen molar-refractivity contribution in [3.63, 3.8) is 0 Å². The van der Waals surface area contributed by atoms with Gasteiger partial charge in [0.05, 0.1) is 12.1 Å². The minimum Gasteiger partial charge on any atom is -0.391 e. The first-order chi connectivity index (χ1) is 6.25. The maximum absolute atomic E-state index is 10.3. The number of nitrogens with one attached hydrogen (secondary N) is 1. The predicted octanol–water partition coefficient (Wildman–Crippen LogP) is 0.854. The Hall–Kier alpha value is -1.35. The fraction of sp³-hybridized carbons (Fsp3) is 0.300. The number of rotatable bonds is 4. The average Bonchev–Trinajstić information content (AvgIpc) is 2.15. The summed E-state index contributed by atoms with van der Waals surface area (Å²) in [6.45, 7) is 1.65. The van der Waals surface area contributed by atoms with Crippen LogP contribution in [0.2, 0.25) is 0 Å². The van der Waals surface area contributed by atoms with Crippen molar-refractivity contribution < 1.29 is 9.90 Å². The second-order valence-corrected chi connectivity index (χ2v) is 2.91. The van der Waals surface area contributed by atoms with Crippen LogP contribution in [-0.4, -0.2) is 17.6 Å². The lowest BCUT2D eigenvalue weighted by molar-refractivity contribution is -0.110. The Labute approximate surface area is 77.4 Å². The minimum atomic E-state index is -0.590. The van der Waals surface area contributed by atoms with E-state index in [1.807, 2.05) is 30.3 Å². The van der Waals surface area contributed by atoms with E-state index in [2.05, 4.69) is 5.32 Å². The average molecular weight is 179 g/mol. The quantitative estimate of drug-likeness (QED) is 0.673. The van der Waals surface area contributed by atoms with Crippen LogP contribution in [0.25, 0.3) is 0 Å². The number of amides is 1. The number of hydrogen-bond donors (Lipinski definition) is 2. The minimum absolute atomic E-state index is 0.321. The van der Waals surface area contributed by atoms with E-state index in [-0.39, 0.29) is 6.04 Å². The zero-order chi connectivity index (χ0) is 9.68. The van der Waals surface area contributed by atoms with Gasteiger partial charge in [-0.25, -0.2) is 0 Å². The highest BCUT2D eigenvalue weighted by Gasteiger charge is 2.14. The summed E-state index contributed by atoms with van der Waals surface area (Å²) in [7, 11) is 0. The molecule has 0 aliphatic carbocycles. The van der Waals surface area contributed by atoms with Crippen molar-refractivity contribution in [2.75, 3.05) is 0 Å². The van der Waals surface area contributed by atoms with Crippen molar-refractivity contribution in [3.8, 4) is 0 Å². The zero-order valence-electron chi connectivity index (χ0n) is 7.47. The zero-order valence-corrected chi connectivity index (χ0v) is 7.47. The number of aliphatic hydroxyl groups excluding tert-OH is 1. The molecule has 0 radical (unpaired) electrons. The Bertz CT molecular complexity index is 259. The highest BCUT2D eigenvalue weighted by atomic mass is 16.3. The summed E-state index contributed by atoms with van der Waals surface area (Å²) in [5.74, 6) is 0. The third-order valence-corrected chi connectivity index (χ3v) is 1.89. The van der Waals surface area contributed by atoms with Gasteiger partial charge in [-0.15, -0.1) is 0 Å². The topological polar surface area (TPSA) is 49.3 Å². The van der Waals surface area contributed by atoms with E-state index in [9.17, 15) is 9.90 Å². The molecule has 2 N–H and O–H groups in total. The molecule has 0 heterocycles. The van der Waals surface area contributed by atoms with Crippen LogP contribution in [0.1, 0.15) is 18.5 Å². The monoisotopic (exact) mass is 179 g/mol. The van der Waals surface area contributed by atoms with Crippen molar-refractivity contribution in [2.24, 2.45) is 0 Å². The van der Waals surface area contributed by atoms with Crippen molar-refractivity contribution in [1.29, 1.82) is 0 Å². The normalized spacial score (nSPS) is 14.6. The van der Waals surface area contributed by atoms with Gasteiger partial charge < -0.3 is 10.4 Å². The lowest BCUT2D eigenvalue weighted by Crippen LogP contribution is -2.28. The van der Waals surface area contributed by atoms with Crippen LogP contribution in [0.5, 0.6) is 0 Å². The molecule has 70 valence electrons. The van der Waals surface area contributed by atoms with E-state index >= 15 is 0 Å². The second-order valence-electron chi connectivity index (χ2n) is 2.91. The maximum atomic E-state index is 10.3. The Morgan fingerprint density at radius 1 is 1.38 bits per heavy atom. The van der Waals surface area contributed by atoms with Crippen LogP contribution >= 0.6 is 0 Å². The molecule has 13 heavy (non-hydrogen) atoms. The summed E-state index contributed by atoms with van der Waals surface area (Å²) >= 11 is 0. The summed E-state index contributed by atoms with van der Waals surface area (Å²) in [6.07, 6.45) is 0.0114. The maximum Gasteiger partial charge on any atom is 0.207 e. The third kappa shape index (κ3) is 2.56. The molecule has 0 saturated heterocycles. The lowest BCUT2D eigenvalue weighted by atomic mass is 10.0. The summed E-state index contributed by atoms with van der Waals surface area (Å²) in [6, 6.07) is 9.05. The van der Waals surface area contributed by atoms with Gasteiger partial charge in [0.1, 0.15) is 0 Å². The molecule has 1 rings (SSSR count). The number of hydrogen-bond acceptors (Lipinski definition) is 2. The molecule has 3 nitrogen and oxygen atoms in total. The summed E-state index contributed by atoms with van der Waals surface area (Å²) in [4.78, 5) is 10.3. The van der Waals surface area contributed by atoms with Crippen LogP contribution in [0.3, 0.4) is 0 Å². The molecule has 0 bridgehead atoms. The van der Waals surface area contributed by atoms with Crippen LogP contribution < -0.4 is 5.32 Å². The van der Waals surface area contributed by atoms with Gasteiger partial charge in [-0.1, -0.05) is 30.3 Å². The standard InChI is InChI=1S/C10H13NO2/c1-8(13)10(11-7-12)9-5-3-2-4-6-9/h2-8,10,13H,1H3,(H,11,12)/t8-,10-/m1/s1. The number of carbonyl (C=O) groups is 1. The van der Waals surface area contributed by atoms with Gasteiger partial charge in [0.2, 0.25) is 6.41 Å². The summed E-state index contributed by atoms with van der Waals surface area (Å²) in [5.41, 5.74) is 0.907. The van der Waals surface area contributed by atoms with Crippen LogP contribution in [0.15, 0.2) is 30.3 Å². The van der Waals surface area contributed by atoms with E-state index in [0.717, 1.165) is 5.56 Å². The Kier molecular flexibility index (Phi) is 3.46. The first-order valence-electron chi connectivity index (χ1n) is 4.18. The van der Waals surface area contributed by atoms with Crippen LogP contribution in [0.4, 0.5) is 0 Å². The van der Waals surface area contributed by atoms with Gasteiger partial charge >= 0.3 is 0 Å². The Balaban J connectivity index is 2.82. The number of benzene rings is 1. The van der Waals surface area contributed by atoms with Gasteiger partial charge in [0, 0.05) is 0 Å². The molecule has 1 aromatic rings. The molecule has 0 unspecified atom stereocenters. The largest absolute Gasteiger partial charge is 0.391 e. The molecular formula is C10H13NO2. The van der Waals surface area contributed by atoms with Gasteiger partial charge in [0.25, 0.3) is 0 Å². The van der Waals surface area contributed by atoms with Gasteiger partial charge in [-0.3, -0.25) is 4.79 Å². The first kappa shape index (κ1) is 9.74. The van der Waals surface area contributed by atoms with Crippen LogP contribution in [-0.2, 0) is 4.79 Å². The first-order valence-corrected chi connectivity index (χ1v) is 4.18. The molecule has 0 saturated carbocycles. The molecule has 0 aliphatic rings. The lowest BCUT2D eigenvalue weighted by Gasteiger charge is -2.19. The molecular weight excluding hydrogens is 166 g/mol. The molecule has 2 atom stereocenters. The van der Waals surface area contributed by atoms with E-state index in [4.69, 9.17) is 0 Å². The van der Waals surface area contributed by atoms with Crippen molar-refractivity contribution >= 4 is 6.41 Å². The predicted molar refractivity (Wildman–Crippen MR) is 50.1 cm³/mol. The van der Waals surface area contributed by atoms with Crippen molar-refractivity contribution in [3.05, 3.63) is 35.9 Å². The Morgan fingerprint density at radius 3 is 2.46 bits per heavy atom. The molecule has 0 aromatic heterocycles. The second kappa shape index (κ2) is 4.62. The van der Waals surface area contributed by atoms with Crippen LogP contribution in [0, 0.1) is 0 Å². The SMILES string of the molecule is C[C@@H](O)[C@@H](NC=O)c1ccccc1. The molecule has 0 aliphatic heterocycles. The van der Waals surface area contributed by atoms with Crippen molar-refractivity contribution in [1.82, 2.24) is 5.32 Å². The smallest absolute Gasteiger partial charge is 0.207 e.